The molecule has 0 aliphatic carbocycles. The maximum atomic E-state index is 11.5. The summed E-state index contributed by atoms with van der Waals surface area (Å²) in [4.78, 5) is 15.8. The van der Waals surface area contributed by atoms with Crippen molar-refractivity contribution >= 4 is 5.78 Å². The lowest BCUT2D eigenvalue weighted by atomic mass is 10.0. The number of aromatic nitrogens is 1. The second kappa shape index (κ2) is 6.26. The van der Waals surface area contributed by atoms with Gasteiger partial charge in [0.2, 0.25) is 5.88 Å². The van der Waals surface area contributed by atoms with Crippen molar-refractivity contribution < 1.29 is 9.53 Å². The Balaban J connectivity index is 2.45. The van der Waals surface area contributed by atoms with Crippen LogP contribution in [0.2, 0.25) is 0 Å². The van der Waals surface area contributed by atoms with Gasteiger partial charge in [0, 0.05) is 24.6 Å². The number of ether oxygens (including phenoxy) is 1. The summed E-state index contributed by atoms with van der Waals surface area (Å²) in [6.07, 6.45) is 1.92. The fourth-order valence-corrected chi connectivity index (χ4v) is 1.54. The molecule has 0 fully saturated rings. The van der Waals surface area contributed by atoms with Crippen molar-refractivity contribution in [2.24, 2.45) is 5.92 Å². The minimum absolute atomic E-state index is 0.305. The highest BCUT2D eigenvalue weighted by Crippen LogP contribution is 2.10. The maximum Gasteiger partial charge on any atom is 0.213 e. The van der Waals surface area contributed by atoms with Crippen molar-refractivity contribution in [1.29, 1.82) is 0 Å². The van der Waals surface area contributed by atoms with Crippen LogP contribution in [0.15, 0.2) is 18.2 Å². The summed E-state index contributed by atoms with van der Waals surface area (Å²) in [7, 11) is 1.59. The van der Waals surface area contributed by atoms with Gasteiger partial charge in [-0.25, -0.2) is 4.98 Å². The molecule has 1 heterocycles. The lowest BCUT2D eigenvalue weighted by Crippen LogP contribution is -2.05. The summed E-state index contributed by atoms with van der Waals surface area (Å²) < 4.78 is 5.03. The van der Waals surface area contributed by atoms with Gasteiger partial charge in [-0.2, -0.15) is 0 Å². The second-order valence-corrected chi connectivity index (χ2v) is 4.31. The highest BCUT2D eigenvalue weighted by Gasteiger charge is 2.06. The molecule has 0 radical (unpaired) electrons. The molecular formula is C13H19NO2. The van der Waals surface area contributed by atoms with Crippen LogP contribution in [0.4, 0.5) is 0 Å². The number of ketones is 1. The largest absolute Gasteiger partial charge is 0.481 e. The van der Waals surface area contributed by atoms with Gasteiger partial charge in [-0.05, 0) is 18.4 Å². The second-order valence-electron chi connectivity index (χ2n) is 4.31. The van der Waals surface area contributed by atoms with Crippen LogP contribution in [-0.4, -0.2) is 17.9 Å². The van der Waals surface area contributed by atoms with Gasteiger partial charge < -0.3 is 4.74 Å². The van der Waals surface area contributed by atoms with Gasteiger partial charge in [0.1, 0.15) is 5.78 Å². The fourth-order valence-electron chi connectivity index (χ4n) is 1.54. The average Bonchev–Trinajstić information content (AvgIpc) is 2.26. The van der Waals surface area contributed by atoms with E-state index in [0.29, 0.717) is 36.8 Å². The highest BCUT2D eigenvalue weighted by molar-refractivity contribution is 5.78. The van der Waals surface area contributed by atoms with Crippen molar-refractivity contribution in [1.82, 2.24) is 4.98 Å². The lowest BCUT2D eigenvalue weighted by Gasteiger charge is -2.04. The monoisotopic (exact) mass is 221 g/mol. The van der Waals surface area contributed by atoms with E-state index in [1.54, 1.807) is 13.2 Å². The molecule has 1 rings (SSSR count). The number of pyridine rings is 1. The van der Waals surface area contributed by atoms with E-state index >= 15 is 0 Å². The molecule has 0 unspecified atom stereocenters. The molecule has 3 heteroatoms. The predicted octanol–water partition coefficient (Wildman–Crippen LogP) is 2.64. The normalized spacial score (nSPS) is 10.5. The van der Waals surface area contributed by atoms with E-state index in [-0.39, 0.29) is 0 Å². The average molecular weight is 221 g/mol. The molecule has 0 spiro atoms. The molecule has 16 heavy (non-hydrogen) atoms. The quantitative estimate of drug-likeness (QED) is 0.741. The predicted molar refractivity (Wildman–Crippen MR) is 63.6 cm³/mol. The summed E-state index contributed by atoms with van der Waals surface area (Å²) in [5.41, 5.74) is 0.913. The molecule has 3 nitrogen and oxygen atoms in total. The number of aryl methyl sites for hydroxylation is 1. The van der Waals surface area contributed by atoms with Gasteiger partial charge in [-0.1, -0.05) is 19.9 Å². The van der Waals surface area contributed by atoms with E-state index in [9.17, 15) is 4.79 Å². The molecular weight excluding hydrogens is 202 g/mol. The molecule has 0 saturated carbocycles. The maximum absolute atomic E-state index is 11.5. The van der Waals surface area contributed by atoms with Crippen LogP contribution >= 0.6 is 0 Å². The van der Waals surface area contributed by atoms with E-state index in [2.05, 4.69) is 18.8 Å². The van der Waals surface area contributed by atoms with E-state index < -0.39 is 0 Å². The van der Waals surface area contributed by atoms with Crippen LogP contribution < -0.4 is 4.74 Å². The molecule has 0 saturated heterocycles. The van der Waals surface area contributed by atoms with E-state index in [1.165, 1.54) is 0 Å². The van der Waals surface area contributed by atoms with Crippen LogP contribution in [0.5, 0.6) is 5.88 Å². The molecule has 1 aromatic rings. The Hall–Kier alpha value is -1.38. The molecule has 0 atom stereocenters. The third kappa shape index (κ3) is 4.43. The third-order valence-corrected chi connectivity index (χ3v) is 2.29. The fraction of sp³-hybridized carbons (Fsp3) is 0.538. The van der Waals surface area contributed by atoms with Crippen LogP contribution in [0.25, 0.3) is 0 Å². The summed E-state index contributed by atoms with van der Waals surface area (Å²) in [5.74, 6) is 1.35. The van der Waals surface area contributed by atoms with Gasteiger partial charge in [0.15, 0.2) is 0 Å². The third-order valence-electron chi connectivity index (χ3n) is 2.29. The molecule has 0 bridgehead atoms. The Kier molecular flexibility index (Phi) is 4.96. The van der Waals surface area contributed by atoms with Crippen molar-refractivity contribution in [2.75, 3.05) is 7.11 Å². The number of methoxy groups -OCH3 is 1. The van der Waals surface area contributed by atoms with Gasteiger partial charge in [0.05, 0.1) is 7.11 Å². The van der Waals surface area contributed by atoms with Crippen molar-refractivity contribution in [3.63, 3.8) is 0 Å². The Morgan fingerprint density at radius 2 is 2.19 bits per heavy atom. The number of hydrogen-bond donors (Lipinski definition) is 0. The molecule has 0 aliphatic heterocycles. The van der Waals surface area contributed by atoms with Crippen LogP contribution in [-0.2, 0) is 11.2 Å². The molecule has 0 N–H and O–H groups in total. The standard InChI is InChI=1S/C13H19NO2/c1-10(2)9-12(15)8-7-11-5-4-6-13(14-11)16-3/h4-6,10H,7-9H2,1-3H3. The zero-order valence-corrected chi connectivity index (χ0v) is 10.2. The molecule has 88 valence electrons. The molecule has 0 aromatic carbocycles. The number of nitrogens with zero attached hydrogens (tertiary/aromatic N) is 1. The van der Waals surface area contributed by atoms with Crippen LogP contribution in [0, 0.1) is 5.92 Å². The first kappa shape index (κ1) is 12.7. The first-order valence-corrected chi connectivity index (χ1v) is 5.63. The number of hydrogen-bond acceptors (Lipinski definition) is 3. The Morgan fingerprint density at radius 1 is 1.44 bits per heavy atom. The number of Topliss-reactive ketones (excluding diaryl/α,β-unsaturated/α-hetero) is 1. The summed E-state index contributed by atoms with van der Waals surface area (Å²) in [6.45, 7) is 4.11. The SMILES string of the molecule is COc1cccc(CCC(=O)CC(C)C)n1. The zero-order valence-electron chi connectivity index (χ0n) is 10.2. The molecule has 0 amide bonds. The smallest absolute Gasteiger partial charge is 0.213 e. The number of rotatable bonds is 6. The Morgan fingerprint density at radius 3 is 2.81 bits per heavy atom. The molecule has 0 aliphatic rings. The topological polar surface area (TPSA) is 39.2 Å². The van der Waals surface area contributed by atoms with Crippen molar-refractivity contribution in [2.45, 2.75) is 33.1 Å². The van der Waals surface area contributed by atoms with Crippen LogP contribution in [0.3, 0.4) is 0 Å². The van der Waals surface area contributed by atoms with E-state index in [0.717, 1.165) is 5.69 Å². The first-order chi connectivity index (χ1) is 7.61. The van der Waals surface area contributed by atoms with Gasteiger partial charge in [0.25, 0.3) is 0 Å². The van der Waals surface area contributed by atoms with Crippen molar-refractivity contribution in [3.05, 3.63) is 23.9 Å². The molecule has 1 aromatic heterocycles. The lowest BCUT2D eigenvalue weighted by molar-refractivity contribution is -0.119. The Labute approximate surface area is 96.8 Å². The van der Waals surface area contributed by atoms with Gasteiger partial charge >= 0.3 is 0 Å². The Bertz CT molecular complexity index is 348. The van der Waals surface area contributed by atoms with Gasteiger partial charge in [-0.15, -0.1) is 0 Å². The minimum atomic E-state index is 0.305. The zero-order chi connectivity index (χ0) is 12.0. The summed E-state index contributed by atoms with van der Waals surface area (Å²) in [6, 6.07) is 5.62. The van der Waals surface area contributed by atoms with Gasteiger partial charge in [-0.3, -0.25) is 4.79 Å². The van der Waals surface area contributed by atoms with Crippen molar-refractivity contribution in [3.8, 4) is 5.88 Å². The summed E-state index contributed by atoms with van der Waals surface area (Å²) >= 11 is 0. The number of carbonyl (C=O) groups excluding carboxylic acids is 1. The van der Waals surface area contributed by atoms with Crippen LogP contribution in [0.1, 0.15) is 32.4 Å². The number of carbonyl (C=O) groups is 1. The van der Waals surface area contributed by atoms with E-state index in [4.69, 9.17) is 4.74 Å². The highest BCUT2D eigenvalue weighted by atomic mass is 16.5. The first-order valence-electron chi connectivity index (χ1n) is 5.63. The summed E-state index contributed by atoms with van der Waals surface area (Å²) in [5, 5.41) is 0. The van der Waals surface area contributed by atoms with E-state index in [1.807, 2.05) is 12.1 Å². The minimum Gasteiger partial charge on any atom is -0.481 e.